The Morgan fingerprint density at radius 3 is 3.00 bits per heavy atom. The molecule has 0 radical (unpaired) electrons. The standard InChI is InChI=1S/C9H15ClN2S/c1-3-12-6-9(5-11-12)7-13-8(2)4-10/h5-6,8H,3-4,7H2,1-2H3. The summed E-state index contributed by atoms with van der Waals surface area (Å²) in [6.45, 7) is 5.17. The van der Waals surface area contributed by atoms with Crippen LogP contribution in [0.5, 0.6) is 0 Å². The number of alkyl halides is 1. The molecule has 13 heavy (non-hydrogen) atoms. The largest absolute Gasteiger partial charge is 0.273 e. The second kappa shape index (κ2) is 5.55. The van der Waals surface area contributed by atoms with Crippen molar-refractivity contribution in [3.63, 3.8) is 0 Å². The number of hydrogen-bond donors (Lipinski definition) is 0. The van der Waals surface area contributed by atoms with Gasteiger partial charge in [0.2, 0.25) is 0 Å². The lowest BCUT2D eigenvalue weighted by molar-refractivity contribution is 0.659. The van der Waals surface area contributed by atoms with Crippen LogP contribution in [0.2, 0.25) is 0 Å². The number of rotatable bonds is 5. The predicted molar refractivity (Wildman–Crippen MR) is 59.4 cm³/mol. The van der Waals surface area contributed by atoms with Crippen LogP contribution in [0, 0.1) is 0 Å². The Hall–Kier alpha value is -0.150. The average molecular weight is 219 g/mol. The zero-order valence-corrected chi connectivity index (χ0v) is 9.61. The molecule has 1 unspecified atom stereocenters. The van der Waals surface area contributed by atoms with E-state index < -0.39 is 0 Å². The lowest BCUT2D eigenvalue weighted by Crippen LogP contribution is -1.97. The van der Waals surface area contributed by atoms with Gasteiger partial charge in [0.05, 0.1) is 6.20 Å². The van der Waals surface area contributed by atoms with Crippen molar-refractivity contribution in [2.45, 2.75) is 31.4 Å². The molecule has 1 heterocycles. The normalized spacial score (nSPS) is 13.2. The molecule has 74 valence electrons. The minimum atomic E-state index is 0.520. The molecule has 0 fully saturated rings. The second-order valence-electron chi connectivity index (χ2n) is 2.98. The number of nitrogens with zero attached hydrogens (tertiary/aromatic N) is 2. The average Bonchev–Trinajstić information content (AvgIpc) is 2.61. The predicted octanol–water partition coefficient (Wildman–Crippen LogP) is 2.76. The van der Waals surface area contributed by atoms with Crippen LogP contribution in [-0.4, -0.2) is 20.9 Å². The van der Waals surface area contributed by atoms with Crippen LogP contribution >= 0.6 is 23.4 Å². The zero-order chi connectivity index (χ0) is 9.68. The molecule has 1 aromatic rings. The van der Waals surface area contributed by atoms with Crippen LogP contribution in [0.3, 0.4) is 0 Å². The van der Waals surface area contributed by atoms with Gasteiger partial charge in [-0.15, -0.1) is 11.6 Å². The van der Waals surface area contributed by atoms with E-state index in [2.05, 4.69) is 25.1 Å². The fraction of sp³-hybridized carbons (Fsp3) is 0.667. The van der Waals surface area contributed by atoms with Crippen molar-refractivity contribution < 1.29 is 0 Å². The van der Waals surface area contributed by atoms with E-state index >= 15 is 0 Å². The van der Waals surface area contributed by atoms with Crippen molar-refractivity contribution in [3.8, 4) is 0 Å². The van der Waals surface area contributed by atoms with Crippen molar-refractivity contribution in [3.05, 3.63) is 18.0 Å². The summed E-state index contributed by atoms with van der Waals surface area (Å²) < 4.78 is 1.95. The molecule has 2 nitrogen and oxygen atoms in total. The van der Waals surface area contributed by atoms with Gasteiger partial charge in [0.15, 0.2) is 0 Å². The van der Waals surface area contributed by atoms with Gasteiger partial charge in [-0.05, 0) is 12.5 Å². The van der Waals surface area contributed by atoms with Crippen molar-refractivity contribution in [1.29, 1.82) is 0 Å². The van der Waals surface area contributed by atoms with E-state index in [0.717, 1.165) is 12.3 Å². The summed E-state index contributed by atoms with van der Waals surface area (Å²) in [5.74, 6) is 1.72. The fourth-order valence-electron chi connectivity index (χ4n) is 0.937. The molecule has 0 saturated carbocycles. The minimum Gasteiger partial charge on any atom is -0.273 e. The molecule has 0 N–H and O–H groups in total. The van der Waals surface area contributed by atoms with Crippen LogP contribution in [0.15, 0.2) is 12.4 Å². The molecule has 0 spiro atoms. The van der Waals surface area contributed by atoms with Gasteiger partial charge in [-0.3, -0.25) is 4.68 Å². The molecule has 0 aliphatic heterocycles. The smallest absolute Gasteiger partial charge is 0.0530 e. The van der Waals surface area contributed by atoms with Gasteiger partial charge in [-0.1, -0.05) is 6.92 Å². The molecule has 4 heteroatoms. The summed E-state index contributed by atoms with van der Waals surface area (Å²) in [5.41, 5.74) is 1.28. The van der Waals surface area contributed by atoms with Crippen LogP contribution in [0.4, 0.5) is 0 Å². The molecule has 0 bridgehead atoms. The molecule has 0 amide bonds. The van der Waals surface area contributed by atoms with Gasteiger partial charge >= 0.3 is 0 Å². The van der Waals surface area contributed by atoms with Crippen molar-refractivity contribution >= 4 is 23.4 Å². The van der Waals surface area contributed by atoms with Gasteiger partial charge in [-0.2, -0.15) is 16.9 Å². The third-order valence-corrected chi connectivity index (χ3v) is 3.64. The molecule has 0 aliphatic rings. The first kappa shape index (κ1) is 10.9. The highest BCUT2D eigenvalue weighted by Crippen LogP contribution is 2.17. The van der Waals surface area contributed by atoms with Gasteiger partial charge in [0, 0.05) is 29.6 Å². The van der Waals surface area contributed by atoms with Crippen LogP contribution in [0.25, 0.3) is 0 Å². The summed E-state index contributed by atoms with van der Waals surface area (Å²) in [6, 6.07) is 0. The quantitative estimate of drug-likeness (QED) is 0.708. The first-order chi connectivity index (χ1) is 6.26. The molecule has 0 saturated heterocycles. The number of aryl methyl sites for hydroxylation is 1. The Kier molecular flexibility index (Phi) is 4.67. The Morgan fingerprint density at radius 2 is 2.46 bits per heavy atom. The van der Waals surface area contributed by atoms with E-state index in [9.17, 15) is 0 Å². The third kappa shape index (κ3) is 3.61. The van der Waals surface area contributed by atoms with Crippen molar-refractivity contribution in [2.24, 2.45) is 0 Å². The summed E-state index contributed by atoms with van der Waals surface area (Å²) in [4.78, 5) is 0. The van der Waals surface area contributed by atoms with E-state index in [1.165, 1.54) is 5.56 Å². The van der Waals surface area contributed by atoms with Gasteiger partial charge in [-0.25, -0.2) is 0 Å². The first-order valence-corrected chi connectivity index (χ1v) is 6.03. The van der Waals surface area contributed by atoms with Crippen molar-refractivity contribution in [1.82, 2.24) is 9.78 Å². The minimum absolute atomic E-state index is 0.520. The Morgan fingerprint density at radius 1 is 1.69 bits per heavy atom. The van der Waals surface area contributed by atoms with Crippen LogP contribution in [-0.2, 0) is 12.3 Å². The fourth-order valence-corrected chi connectivity index (χ4v) is 1.92. The van der Waals surface area contributed by atoms with Crippen LogP contribution < -0.4 is 0 Å². The highest BCUT2D eigenvalue weighted by atomic mass is 35.5. The van der Waals surface area contributed by atoms with Gasteiger partial charge in [0.1, 0.15) is 0 Å². The molecular weight excluding hydrogens is 204 g/mol. The molecule has 1 atom stereocenters. The topological polar surface area (TPSA) is 17.8 Å². The lowest BCUT2D eigenvalue weighted by atomic mass is 10.4. The van der Waals surface area contributed by atoms with E-state index in [0.29, 0.717) is 11.1 Å². The Balaban J connectivity index is 2.36. The molecule has 1 aromatic heterocycles. The Labute approximate surface area is 88.7 Å². The van der Waals surface area contributed by atoms with E-state index in [1.807, 2.05) is 22.6 Å². The van der Waals surface area contributed by atoms with E-state index in [-0.39, 0.29) is 0 Å². The highest BCUT2D eigenvalue weighted by Gasteiger charge is 2.02. The molecule has 1 rings (SSSR count). The monoisotopic (exact) mass is 218 g/mol. The maximum Gasteiger partial charge on any atom is 0.0530 e. The lowest BCUT2D eigenvalue weighted by Gasteiger charge is -2.04. The first-order valence-electron chi connectivity index (χ1n) is 4.45. The molecule has 0 aliphatic carbocycles. The Bertz CT molecular complexity index is 250. The van der Waals surface area contributed by atoms with E-state index in [1.54, 1.807) is 0 Å². The van der Waals surface area contributed by atoms with E-state index in [4.69, 9.17) is 11.6 Å². The highest BCUT2D eigenvalue weighted by molar-refractivity contribution is 7.99. The molecular formula is C9H15ClN2S. The number of aromatic nitrogens is 2. The second-order valence-corrected chi connectivity index (χ2v) is 4.72. The van der Waals surface area contributed by atoms with Crippen molar-refractivity contribution in [2.75, 3.05) is 5.88 Å². The third-order valence-electron chi connectivity index (χ3n) is 1.76. The molecule has 0 aromatic carbocycles. The summed E-state index contributed by atoms with van der Waals surface area (Å²) in [5, 5.41) is 4.73. The summed E-state index contributed by atoms with van der Waals surface area (Å²) in [6.07, 6.45) is 4.02. The maximum atomic E-state index is 5.71. The summed E-state index contributed by atoms with van der Waals surface area (Å²) >= 11 is 7.58. The SMILES string of the molecule is CCn1cc(CSC(C)CCl)cn1. The maximum absolute atomic E-state index is 5.71. The van der Waals surface area contributed by atoms with Gasteiger partial charge < -0.3 is 0 Å². The number of thioether (sulfide) groups is 1. The van der Waals surface area contributed by atoms with Gasteiger partial charge in [0.25, 0.3) is 0 Å². The van der Waals surface area contributed by atoms with Crippen LogP contribution in [0.1, 0.15) is 19.4 Å². The number of hydrogen-bond acceptors (Lipinski definition) is 2. The number of halogens is 1. The summed E-state index contributed by atoms with van der Waals surface area (Å²) in [7, 11) is 0. The zero-order valence-electron chi connectivity index (χ0n) is 8.03.